The number of para-hydroxylation sites is 2. The van der Waals surface area contributed by atoms with E-state index >= 15 is 0 Å². The summed E-state index contributed by atoms with van der Waals surface area (Å²) in [5.41, 5.74) is 3.85. The van der Waals surface area contributed by atoms with Gasteiger partial charge in [-0.15, -0.1) is 0 Å². The maximum Gasteiger partial charge on any atom is 0.293 e. The van der Waals surface area contributed by atoms with Gasteiger partial charge in [0, 0.05) is 27.1 Å². The lowest BCUT2D eigenvalue weighted by atomic mass is 9.88. The molecule has 1 amide bonds. The van der Waals surface area contributed by atoms with Gasteiger partial charge in [0.05, 0.1) is 17.1 Å². The zero-order valence-electron chi connectivity index (χ0n) is 16.9. The van der Waals surface area contributed by atoms with Crippen molar-refractivity contribution in [1.29, 1.82) is 0 Å². The number of carbonyl (C=O) groups excluding carboxylic acids is 1. The van der Waals surface area contributed by atoms with E-state index in [1.54, 1.807) is 23.6 Å². The topological polar surface area (TPSA) is 67.2 Å². The van der Waals surface area contributed by atoms with E-state index < -0.39 is 0 Å². The number of nitrogens with zero attached hydrogens (tertiary/aromatic N) is 3. The molecule has 1 aliphatic carbocycles. The minimum Gasteiger partial charge on any atom is -0.358 e. The number of fused-ring (bicyclic) bond motifs is 2. The molecule has 3 aromatic rings. The fourth-order valence-electron chi connectivity index (χ4n) is 4.08. The van der Waals surface area contributed by atoms with E-state index in [2.05, 4.69) is 22.4 Å². The number of hydrogen-bond acceptors (Lipinski definition) is 4. The van der Waals surface area contributed by atoms with E-state index in [-0.39, 0.29) is 23.9 Å². The number of rotatable bonds is 5. The van der Waals surface area contributed by atoms with Crippen molar-refractivity contribution in [2.45, 2.75) is 38.3 Å². The monoisotopic (exact) mass is 390 g/mol. The molecule has 0 aliphatic heterocycles. The first-order valence-corrected chi connectivity index (χ1v) is 10.1. The number of carbonyl (C=O) groups is 1. The Morgan fingerprint density at radius 2 is 1.93 bits per heavy atom. The normalized spacial score (nSPS) is 15.7. The summed E-state index contributed by atoms with van der Waals surface area (Å²) in [6.07, 6.45) is 3.34. The molecule has 0 saturated heterocycles. The van der Waals surface area contributed by atoms with Crippen LogP contribution in [0.15, 0.2) is 53.3 Å². The van der Waals surface area contributed by atoms with Crippen molar-refractivity contribution < 1.29 is 4.79 Å². The van der Waals surface area contributed by atoms with Gasteiger partial charge in [-0.25, -0.2) is 4.98 Å². The molecule has 1 atom stereocenters. The second-order valence-electron chi connectivity index (χ2n) is 7.74. The van der Waals surface area contributed by atoms with E-state index in [0.29, 0.717) is 12.4 Å². The highest BCUT2D eigenvalue weighted by Crippen LogP contribution is 2.29. The molecule has 0 radical (unpaired) electrons. The lowest BCUT2D eigenvalue weighted by Gasteiger charge is -2.26. The van der Waals surface area contributed by atoms with E-state index in [1.807, 2.05) is 36.4 Å². The number of amides is 1. The predicted octanol–water partition coefficient (Wildman–Crippen LogP) is 3.05. The molecule has 4 rings (SSSR count). The Balaban J connectivity index is 1.54. The molecule has 0 fully saturated rings. The molecule has 150 valence electrons. The first kappa shape index (κ1) is 19.2. The standard InChI is InChI=1S/C23H26N4O2/c1-26(2)22-23(29)27(20-13-6-5-11-19(20)25-22)15-14-21(28)24-18-12-7-9-16-8-3-4-10-17(16)18/h3-6,8,10-11,13,18H,7,9,12,14-15H2,1-2H3,(H,24,28). The Morgan fingerprint density at radius 1 is 1.17 bits per heavy atom. The second kappa shape index (κ2) is 8.07. The van der Waals surface area contributed by atoms with Crippen LogP contribution in [0, 0.1) is 0 Å². The fraction of sp³-hybridized carbons (Fsp3) is 0.348. The number of aryl methyl sites for hydroxylation is 2. The summed E-state index contributed by atoms with van der Waals surface area (Å²) in [4.78, 5) is 31.8. The average Bonchev–Trinajstić information content (AvgIpc) is 2.73. The highest BCUT2D eigenvalue weighted by molar-refractivity contribution is 5.78. The Hall–Kier alpha value is -3.15. The molecule has 1 aliphatic rings. The molecule has 1 heterocycles. The minimum absolute atomic E-state index is 0.0362. The molecule has 1 unspecified atom stereocenters. The Morgan fingerprint density at radius 3 is 2.76 bits per heavy atom. The Kier molecular flexibility index (Phi) is 5.34. The van der Waals surface area contributed by atoms with Crippen molar-refractivity contribution in [2.24, 2.45) is 0 Å². The molecule has 2 aromatic carbocycles. The molecule has 29 heavy (non-hydrogen) atoms. The zero-order valence-corrected chi connectivity index (χ0v) is 16.9. The highest BCUT2D eigenvalue weighted by Gasteiger charge is 2.21. The van der Waals surface area contributed by atoms with Gasteiger partial charge in [0.2, 0.25) is 5.91 Å². The molecular weight excluding hydrogens is 364 g/mol. The van der Waals surface area contributed by atoms with Crippen LogP contribution in [0.1, 0.15) is 36.4 Å². The molecule has 6 heteroatoms. The third kappa shape index (κ3) is 3.88. The van der Waals surface area contributed by atoms with Crippen molar-refractivity contribution >= 4 is 22.8 Å². The number of nitrogens with one attached hydrogen (secondary N) is 1. The van der Waals surface area contributed by atoms with Gasteiger partial charge in [-0.2, -0.15) is 0 Å². The summed E-state index contributed by atoms with van der Waals surface area (Å²) < 4.78 is 1.66. The first-order chi connectivity index (χ1) is 14.0. The van der Waals surface area contributed by atoms with Crippen LogP contribution in [-0.4, -0.2) is 29.6 Å². The Labute approximate surface area is 170 Å². The third-order valence-corrected chi connectivity index (χ3v) is 5.53. The molecular formula is C23H26N4O2. The van der Waals surface area contributed by atoms with Gasteiger partial charge in [-0.1, -0.05) is 36.4 Å². The van der Waals surface area contributed by atoms with Crippen LogP contribution in [0.2, 0.25) is 0 Å². The van der Waals surface area contributed by atoms with Crippen molar-refractivity contribution in [2.75, 3.05) is 19.0 Å². The quantitative estimate of drug-likeness (QED) is 0.727. The Bertz CT molecular complexity index is 1100. The summed E-state index contributed by atoms with van der Waals surface area (Å²) >= 11 is 0. The summed E-state index contributed by atoms with van der Waals surface area (Å²) in [6.45, 7) is 0.322. The molecule has 0 spiro atoms. The van der Waals surface area contributed by atoms with Crippen molar-refractivity contribution in [3.05, 3.63) is 70.0 Å². The van der Waals surface area contributed by atoms with Crippen molar-refractivity contribution in [3.63, 3.8) is 0 Å². The van der Waals surface area contributed by atoms with Crippen molar-refractivity contribution in [3.8, 4) is 0 Å². The number of anilines is 1. The fourth-order valence-corrected chi connectivity index (χ4v) is 4.08. The third-order valence-electron chi connectivity index (χ3n) is 5.53. The number of aromatic nitrogens is 2. The summed E-state index contributed by atoms with van der Waals surface area (Å²) in [6, 6.07) is 15.9. The van der Waals surface area contributed by atoms with Crippen LogP contribution in [0.4, 0.5) is 5.82 Å². The van der Waals surface area contributed by atoms with Gasteiger partial charge in [0.1, 0.15) is 0 Å². The number of benzene rings is 2. The lowest BCUT2D eigenvalue weighted by molar-refractivity contribution is -0.122. The van der Waals surface area contributed by atoms with E-state index in [1.165, 1.54) is 11.1 Å². The zero-order chi connectivity index (χ0) is 20.4. The maximum absolute atomic E-state index is 12.9. The van der Waals surface area contributed by atoms with Gasteiger partial charge >= 0.3 is 0 Å². The van der Waals surface area contributed by atoms with Crippen LogP contribution < -0.4 is 15.8 Å². The van der Waals surface area contributed by atoms with Gasteiger partial charge in [-0.05, 0) is 42.5 Å². The summed E-state index contributed by atoms with van der Waals surface area (Å²) in [7, 11) is 3.60. The van der Waals surface area contributed by atoms with Crippen LogP contribution >= 0.6 is 0 Å². The van der Waals surface area contributed by atoms with Gasteiger partial charge in [-0.3, -0.25) is 9.59 Å². The maximum atomic E-state index is 12.9. The average molecular weight is 390 g/mol. The second-order valence-corrected chi connectivity index (χ2v) is 7.74. The van der Waals surface area contributed by atoms with Gasteiger partial charge in [0.15, 0.2) is 5.82 Å². The SMILES string of the molecule is CN(C)c1nc2ccccc2n(CCC(=O)NC2CCCc3ccccc32)c1=O. The van der Waals surface area contributed by atoms with Crippen LogP contribution in [0.25, 0.3) is 11.0 Å². The number of hydrogen-bond donors (Lipinski definition) is 1. The molecule has 0 bridgehead atoms. The van der Waals surface area contributed by atoms with E-state index in [0.717, 1.165) is 30.3 Å². The molecule has 1 aromatic heterocycles. The lowest BCUT2D eigenvalue weighted by Crippen LogP contribution is -2.33. The summed E-state index contributed by atoms with van der Waals surface area (Å²) in [5.74, 6) is 0.344. The smallest absolute Gasteiger partial charge is 0.293 e. The largest absolute Gasteiger partial charge is 0.358 e. The first-order valence-electron chi connectivity index (χ1n) is 10.1. The van der Waals surface area contributed by atoms with Gasteiger partial charge < -0.3 is 14.8 Å². The minimum atomic E-state index is -0.176. The van der Waals surface area contributed by atoms with Crippen LogP contribution in [0.5, 0.6) is 0 Å². The molecule has 0 saturated carbocycles. The van der Waals surface area contributed by atoms with Gasteiger partial charge in [0.25, 0.3) is 5.56 Å². The highest BCUT2D eigenvalue weighted by atomic mass is 16.2. The summed E-state index contributed by atoms with van der Waals surface area (Å²) in [5, 5.41) is 3.17. The van der Waals surface area contributed by atoms with E-state index in [4.69, 9.17) is 0 Å². The molecule has 6 nitrogen and oxygen atoms in total. The van der Waals surface area contributed by atoms with Crippen LogP contribution in [0.3, 0.4) is 0 Å². The van der Waals surface area contributed by atoms with Crippen LogP contribution in [-0.2, 0) is 17.8 Å². The predicted molar refractivity (Wildman–Crippen MR) is 115 cm³/mol. The van der Waals surface area contributed by atoms with Crippen molar-refractivity contribution in [1.82, 2.24) is 14.9 Å². The van der Waals surface area contributed by atoms with E-state index in [9.17, 15) is 9.59 Å². The molecule has 1 N–H and O–H groups in total.